The number of sulfonamides is 1. The molecule has 5 N–H and O–H groups in total. The lowest BCUT2D eigenvalue weighted by Gasteiger charge is -2.25. The van der Waals surface area contributed by atoms with Gasteiger partial charge in [0.2, 0.25) is 10.0 Å². The monoisotopic (exact) mass is 278 g/mol. The van der Waals surface area contributed by atoms with E-state index in [0.29, 0.717) is 5.69 Å². The average Bonchev–Trinajstić information content (AvgIpc) is 2.52. The fourth-order valence-corrected chi connectivity index (χ4v) is 3.15. The van der Waals surface area contributed by atoms with E-state index >= 15 is 0 Å². The van der Waals surface area contributed by atoms with E-state index in [-0.39, 0.29) is 10.7 Å². The Kier molecular flexibility index (Phi) is 4.01. The minimum absolute atomic E-state index is 0.124. The molecule has 0 aliphatic heterocycles. The van der Waals surface area contributed by atoms with Crippen LogP contribution >= 0.6 is 0 Å². The van der Waals surface area contributed by atoms with Gasteiger partial charge in [-0.2, -0.15) is 5.10 Å². The molecular formula is C9H18N4O4S. The standard InChI is InChI=1S/C9H18N4O4S/c1-6-7(8(10)11-13(6)3)18(16,17)12-9(2,4-14)5-15/h12,14-15H,4-5H2,1-3H3,(H2,10,11). The second kappa shape index (κ2) is 4.84. The summed E-state index contributed by atoms with van der Waals surface area (Å²) in [5.74, 6) is -0.124. The van der Waals surface area contributed by atoms with E-state index in [1.807, 2.05) is 0 Å². The second-order valence-corrected chi connectivity index (χ2v) is 6.03. The third kappa shape index (κ3) is 2.64. The maximum atomic E-state index is 12.2. The Labute approximate surface area is 105 Å². The van der Waals surface area contributed by atoms with Gasteiger partial charge in [-0.1, -0.05) is 0 Å². The Balaban J connectivity index is 3.23. The number of rotatable bonds is 5. The van der Waals surface area contributed by atoms with Crippen LogP contribution in [0.2, 0.25) is 0 Å². The van der Waals surface area contributed by atoms with Gasteiger partial charge in [-0.3, -0.25) is 4.68 Å². The first kappa shape index (κ1) is 14.9. The van der Waals surface area contributed by atoms with E-state index in [0.717, 1.165) is 0 Å². The van der Waals surface area contributed by atoms with E-state index in [4.69, 9.17) is 15.9 Å². The van der Waals surface area contributed by atoms with Crippen LogP contribution in [0.3, 0.4) is 0 Å². The number of nitrogens with one attached hydrogen (secondary N) is 1. The molecule has 0 atom stereocenters. The molecule has 0 aliphatic carbocycles. The number of aromatic nitrogens is 2. The Hall–Kier alpha value is -1.16. The molecule has 0 unspecified atom stereocenters. The highest BCUT2D eigenvalue weighted by atomic mass is 32.2. The third-order valence-corrected chi connectivity index (χ3v) is 4.46. The van der Waals surface area contributed by atoms with Gasteiger partial charge in [0, 0.05) is 7.05 Å². The first-order chi connectivity index (χ1) is 8.17. The summed E-state index contributed by atoms with van der Waals surface area (Å²) in [4.78, 5) is -0.141. The van der Waals surface area contributed by atoms with Crippen LogP contribution in [0.5, 0.6) is 0 Å². The third-order valence-electron chi connectivity index (χ3n) is 2.65. The molecule has 0 fully saturated rings. The molecule has 0 spiro atoms. The highest BCUT2D eigenvalue weighted by Crippen LogP contribution is 2.22. The Morgan fingerprint density at radius 3 is 2.28 bits per heavy atom. The van der Waals surface area contributed by atoms with Gasteiger partial charge in [-0.15, -0.1) is 0 Å². The van der Waals surface area contributed by atoms with Crippen molar-refractivity contribution in [3.8, 4) is 0 Å². The zero-order valence-electron chi connectivity index (χ0n) is 10.5. The maximum Gasteiger partial charge on any atom is 0.246 e. The number of hydrogen-bond donors (Lipinski definition) is 4. The van der Waals surface area contributed by atoms with Gasteiger partial charge >= 0.3 is 0 Å². The van der Waals surface area contributed by atoms with Crippen LogP contribution < -0.4 is 10.5 Å². The zero-order valence-corrected chi connectivity index (χ0v) is 11.3. The normalized spacial score (nSPS) is 12.9. The molecule has 0 radical (unpaired) electrons. The molecule has 18 heavy (non-hydrogen) atoms. The van der Waals surface area contributed by atoms with E-state index in [2.05, 4.69) is 9.82 Å². The molecule has 0 saturated heterocycles. The molecule has 8 nitrogen and oxygen atoms in total. The SMILES string of the molecule is Cc1c(S(=O)(=O)NC(C)(CO)CO)c(N)nn1C. The topological polar surface area (TPSA) is 130 Å². The lowest BCUT2D eigenvalue weighted by molar-refractivity contribution is 0.122. The lowest BCUT2D eigenvalue weighted by Crippen LogP contribution is -2.51. The van der Waals surface area contributed by atoms with Crippen molar-refractivity contribution in [2.45, 2.75) is 24.3 Å². The molecule has 0 aromatic carbocycles. The highest BCUT2D eigenvalue weighted by Gasteiger charge is 2.33. The van der Waals surface area contributed by atoms with E-state index < -0.39 is 28.8 Å². The summed E-state index contributed by atoms with van der Waals surface area (Å²) in [6, 6.07) is 0. The molecule has 104 valence electrons. The number of aliphatic hydroxyl groups excluding tert-OH is 2. The molecular weight excluding hydrogens is 260 g/mol. The van der Waals surface area contributed by atoms with Crippen molar-refractivity contribution in [1.82, 2.24) is 14.5 Å². The summed E-state index contributed by atoms with van der Waals surface area (Å²) in [5.41, 5.74) is 4.57. The summed E-state index contributed by atoms with van der Waals surface area (Å²) in [5, 5.41) is 22.0. The van der Waals surface area contributed by atoms with Gasteiger partial charge in [0.15, 0.2) is 5.82 Å². The van der Waals surface area contributed by atoms with Crippen LogP contribution in [0, 0.1) is 6.92 Å². The number of nitrogen functional groups attached to an aromatic ring is 1. The molecule has 1 aromatic rings. The summed E-state index contributed by atoms with van der Waals surface area (Å²) in [7, 11) is -2.39. The molecule has 0 aliphatic rings. The van der Waals surface area contributed by atoms with E-state index in [1.165, 1.54) is 11.6 Å². The first-order valence-electron chi connectivity index (χ1n) is 5.21. The number of aryl methyl sites for hydroxylation is 1. The summed E-state index contributed by atoms with van der Waals surface area (Å²) < 4.78 is 27.9. The average molecular weight is 278 g/mol. The number of aliphatic hydroxyl groups is 2. The van der Waals surface area contributed by atoms with Crippen molar-refractivity contribution in [2.75, 3.05) is 18.9 Å². The van der Waals surface area contributed by atoms with Gasteiger partial charge in [0.1, 0.15) is 4.90 Å². The van der Waals surface area contributed by atoms with Crippen LogP contribution in [-0.4, -0.2) is 47.2 Å². The first-order valence-corrected chi connectivity index (χ1v) is 6.70. The van der Waals surface area contributed by atoms with Gasteiger partial charge in [-0.05, 0) is 13.8 Å². The van der Waals surface area contributed by atoms with Crippen LogP contribution in [0.25, 0.3) is 0 Å². The lowest BCUT2D eigenvalue weighted by atomic mass is 10.1. The second-order valence-electron chi connectivity index (χ2n) is 4.41. The van der Waals surface area contributed by atoms with Crippen LogP contribution in [0.4, 0.5) is 5.82 Å². The number of nitrogens with zero attached hydrogens (tertiary/aromatic N) is 2. The summed E-state index contributed by atoms with van der Waals surface area (Å²) in [6.07, 6.45) is 0. The van der Waals surface area contributed by atoms with Crippen molar-refractivity contribution >= 4 is 15.8 Å². The fraction of sp³-hybridized carbons (Fsp3) is 0.667. The predicted octanol–water partition coefficient (Wildman–Crippen LogP) is -1.67. The van der Waals surface area contributed by atoms with Crippen LogP contribution in [-0.2, 0) is 17.1 Å². The molecule has 0 amide bonds. The van der Waals surface area contributed by atoms with Crippen molar-refractivity contribution in [3.05, 3.63) is 5.69 Å². The van der Waals surface area contributed by atoms with Gasteiger partial charge in [0.25, 0.3) is 0 Å². The van der Waals surface area contributed by atoms with E-state index in [1.54, 1.807) is 14.0 Å². The van der Waals surface area contributed by atoms with Crippen LogP contribution in [0.1, 0.15) is 12.6 Å². The van der Waals surface area contributed by atoms with Gasteiger partial charge < -0.3 is 15.9 Å². The van der Waals surface area contributed by atoms with Crippen molar-refractivity contribution in [3.63, 3.8) is 0 Å². The minimum Gasteiger partial charge on any atom is -0.394 e. The van der Waals surface area contributed by atoms with Crippen molar-refractivity contribution < 1.29 is 18.6 Å². The molecule has 0 bridgehead atoms. The smallest absolute Gasteiger partial charge is 0.246 e. The number of hydrogen-bond acceptors (Lipinski definition) is 6. The van der Waals surface area contributed by atoms with E-state index in [9.17, 15) is 8.42 Å². The van der Waals surface area contributed by atoms with Crippen LogP contribution in [0.15, 0.2) is 4.90 Å². The molecule has 9 heteroatoms. The predicted molar refractivity (Wildman–Crippen MR) is 65.3 cm³/mol. The molecule has 0 saturated carbocycles. The summed E-state index contributed by atoms with van der Waals surface area (Å²) in [6.45, 7) is 1.86. The summed E-state index contributed by atoms with van der Waals surface area (Å²) >= 11 is 0. The maximum absolute atomic E-state index is 12.2. The Bertz CT molecular complexity index is 533. The van der Waals surface area contributed by atoms with Gasteiger partial charge in [-0.25, -0.2) is 13.1 Å². The molecule has 1 rings (SSSR count). The zero-order chi connectivity index (χ0) is 14.1. The molecule has 1 heterocycles. The number of anilines is 1. The molecule has 1 aromatic heterocycles. The van der Waals surface area contributed by atoms with Crippen molar-refractivity contribution in [2.24, 2.45) is 7.05 Å². The number of nitrogens with two attached hydrogens (primary N) is 1. The highest BCUT2D eigenvalue weighted by molar-refractivity contribution is 7.89. The minimum atomic E-state index is -3.96. The fourth-order valence-electron chi connectivity index (χ4n) is 1.44. The quantitative estimate of drug-likeness (QED) is 0.509. The van der Waals surface area contributed by atoms with Crippen molar-refractivity contribution in [1.29, 1.82) is 0 Å². The largest absolute Gasteiger partial charge is 0.394 e. The Morgan fingerprint density at radius 1 is 1.44 bits per heavy atom. The van der Waals surface area contributed by atoms with Gasteiger partial charge in [0.05, 0.1) is 24.4 Å². The Morgan fingerprint density at radius 2 is 1.94 bits per heavy atom.